The van der Waals surface area contributed by atoms with E-state index in [1.54, 1.807) is 7.11 Å². The first-order chi connectivity index (χ1) is 9.93. The number of hydrogen-bond donors (Lipinski definition) is 1. The minimum Gasteiger partial charge on any atom is -0.496 e. The van der Waals surface area contributed by atoms with Crippen molar-refractivity contribution in [3.63, 3.8) is 0 Å². The monoisotopic (exact) mass is 304 g/mol. The first kappa shape index (κ1) is 15.8. The Balaban J connectivity index is 2.29. The fourth-order valence-electron chi connectivity index (χ4n) is 2.53. The summed E-state index contributed by atoms with van der Waals surface area (Å²) in [5.41, 5.74) is 11.4. The molecule has 0 saturated heterocycles. The number of benzene rings is 1. The third-order valence-electron chi connectivity index (χ3n) is 3.72. The molecule has 0 spiro atoms. The number of halogens is 1. The quantitative estimate of drug-likeness (QED) is 0.931. The molecule has 0 aliphatic heterocycles. The number of aryl methyl sites for hydroxylation is 2. The molecule has 2 aromatic rings. The van der Waals surface area contributed by atoms with E-state index in [2.05, 4.69) is 4.98 Å². The molecule has 2 rings (SSSR count). The molecule has 1 unspecified atom stereocenters. The molecule has 112 valence electrons. The summed E-state index contributed by atoms with van der Waals surface area (Å²) in [4.78, 5) is 4.50. The summed E-state index contributed by atoms with van der Waals surface area (Å²) in [6.07, 6.45) is 2.45. The van der Waals surface area contributed by atoms with Gasteiger partial charge in [0.1, 0.15) is 5.75 Å². The minimum absolute atomic E-state index is 0.184. The number of nitrogens with two attached hydrogens (primary N) is 1. The van der Waals surface area contributed by atoms with Crippen molar-refractivity contribution >= 4 is 11.6 Å². The van der Waals surface area contributed by atoms with Gasteiger partial charge in [-0.3, -0.25) is 4.98 Å². The van der Waals surface area contributed by atoms with Crippen LogP contribution in [0.4, 0.5) is 0 Å². The number of pyridine rings is 1. The summed E-state index contributed by atoms with van der Waals surface area (Å²) in [6, 6.07) is 5.77. The highest BCUT2D eigenvalue weighted by Crippen LogP contribution is 2.29. The predicted octanol–water partition coefficient (Wildman–Crippen LogP) is 3.91. The van der Waals surface area contributed by atoms with Gasteiger partial charge >= 0.3 is 0 Å². The molecule has 0 amide bonds. The lowest BCUT2D eigenvalue weighted by molar-refractivity contribution is 0.406. The van der Waals surface area contributed by atoms with Gasteiger partial charge in [0.15, 0.2) is 0 Å². The molecule has 2 N–H and O–H groups in total. The van der Waals surface area contributed by atoms with Crippen molar-refractivity contribution in [3.05, 3.63) is 57.4 Å². The van der Waals surface area contributed by atoms with Gasteiger partial charge in [-0.1, -0.05) is 23.7 Å². The molecule has 1 heterocycles. The molecule has 0 aliphatic rings. The summed E-state index contributed by atoms with van der Waals surface area (Å²) in [5.74, 6) is 0.877. The molecule has 0 aliphatic carbocycles. The van der Waals surface area contributed by atoms with Crippen LogP contribution in [0.25, 0.3) is 0 Å². The van der Waals surface area contributed by atoms with E-state index in [1.165, 1.54) is 0 Å². The molecule has 3 nitrogen and oxygen atoms in total. The highest BCUT2D eigenvalue weighted by Gasteiger charge is 2.16. The third-order valence-corrected chi connectivity index (χ3v) is 4.05. The van der Waals surface area contributed by atoms with E-state index in [0.29, 0.717) is 11.4 Å². The Kier molecular flexibility index (Phi) is 4.86. The number of nitrogens with zero attached hydrogens (tertiary/aromatic N) is 1. The lowest BCUT2D eigenvalue weighted by atomic mass is 9.98. The van der Waals surface area contributed by atoms with Crippen LogP contribution in [0.15, 0.2) is 24.4 Å². The van der Waals surface area contributed by atoms with Gasteiger partial charge < -0.3 is 10.5 Å². The highest BCUT2D eigenvalue weighted by molar-refractivity contribution is 6.31. The van der Waals surface area contributed by atoms with Crippen molar-refractivity contribution in [2.75, 3.05) is 7.11 Å². The molecule has 0 fully saturated rings. The van der Waals surface area contributed by atoms with Crippen LogP contribution in [-0.2, 0) is 6.42 Å². The van der Waals surface area contributed by atoms with E-state index < -0.39 is 0 Å². The standard InChI is InChI=1S/C17H21ClN2O/c1-10-5-6-13(14(18)7-10)15(19)8-16-12(3)17(21-4)11(2)9-20-16/h5-7,9,15H,8,19H2,1-4H3. The molecule has 0 bridgehead atoms. The second-order valence-electron chi connectivity index (χ2n) is 5.38. The molecule has 1 atom stereocenters. The van der Waals surface area contributed by atoms with Gasteiger partial charge in [0.25, 0.3) is 0 Å². The zero-order valence-corrected chi connectivity index (χ0v) is 13.7. The van der Waals surface area contributed by atoms with Crippen LogP contribution in [0.1, 0.15) is 34.0 Å². The fraction of sp³-hybridized carbons (Fsp3) is 0.353. The molecule has 0 saturated carbocycles. The van der Waals surface area contributed by atoms with Crippen molar-refractivity contribution in [2.45, 2.75) is 33.2 Å². The number of aromatic nitrogens is 1. The van der Waals surface area contributed by atoms with Gasteiger partial charge in [0.2, 0.25) is 0 Å². The van der Waals surface area contributed by atoms with Crippen LogP contribution < -0.4 is 10.5 Å². The average molecular weight is 305 g/mol. The van der Waals surface area contributed by atoms with E-state index in [1.807, 2.05) is 45.2 Å². The topological polar surface area (TPSA) is 48.1 Å². The van der Waals surface area contributed by atoms with Crippen LogP contribution in [0.2, 0.25) is 5.02 Å². The molecular formula is C17H21ClN2O. The predicted molar refractivity (Wildman–Crippen MR) is 87.1 cm³/mol. The molecule has 1 aromatic carbocycles. The van der Waals surface area contributed by atoms with Crippen molar-refractivity contribution < 1.29 is 4.74 Å². The van der Waals surface area contributed by atoms with E-state index in [9.17, 15) is 0 Å². The largest absolute Gasteiger partial charge is 0.496 e. The number of methoxy groups -OCH3 is 1. The molecule has 21 heavy (non-hydrogen) atoms. The van der Waals surface area contributed by atoms with Crippen molar-refractivity contribution in [3.8, 4) is 5.75 Å². The molecule has 4 heteroatoms. The SMILES string of the molecule is COc1c(C)cnc(CC(N)c2ccc(C)cc2Cl)c1C. The van der Waals surface area contributed by atoms with Crippen molar-refractivity contribution in [2.24, 2.45) is 5.73 Å². The summed E-state index contributed by atoms with van der Waals surface area (Å²) in [5, 5.41) is 0.708. The van der Waals surface area contributed by atoms with Gasteiger partial charge in [-0.05, 0) is 38.0 Å². The average Bonchev–Trinajstić information content (AvgIpc) is 2.42. The van der Waals surface area contributed by atoms with Crippen LogP contribution in [0.3, 0.4) is 0 Å². The Morgan fingerprint density at radius 1 is 1.29 bits per heavy atom. The minimum atomic E-state index is -0.184. The Morgan fingerprint density at radius 3 is 2.62 bits per heavy atom. The summed E-state index contributed by atoms with van der Waals surface area (Å²) < 4.78 is 5.44. The van der Waals surface area contributed by atoms with E-state index in [-0.39, 0.29) is 6.04 Å². The molecular weight excluding hydrogens is 284 g/mol. The van der Waals surface area contributed by atoms with E-state index in [0.717, 1.165) is 33.7 Å². The smallest absolute Gasteiger partial charge is 0.128 e. The summed E-state index contributed by atoms with van der Waals surface area (Å²) in [7, 11) is 1.68. The number of hydrogen-bond acceptors (Lipinski definition) is 3. The van der Waals surface area contributed by atoms with E-state index in [4.69, 9.17) is 22.1 Å². The van der Waals surface area contributed by atoms with E-state index >= 15 is 0 Å². The summed E-state index contributed by atoms with van der Waals surface area (Å²) in [6.45, 7) is 6.01. The third kappa shape index (κ3) is 3.36. The Labute approximate surface area is 131 Å². The Morgan fingerprint density at radius 2 is 2.00 bits per heavy atom. The van der Waals surface area contributed by atoms with Crippen molar-refractivity contribution in [1.29, 1.82) is 0 Å². The van der Waals surface area contributed by atoms with Gasteiger partial charge in [-0.2, -0.15) is 0 Å². The lowest BCUT2D eigenvalue weighted by Gasteiger charge is -2.17. The zero-order chi connectivity index (χ0) is 15.6. The Bertz CT molecular complexity index is 655. The van der Waals surface area contributed by atoms with Crippen LogP contribution in [-0.4, -0.2) is 12.1 Å². The second kappa shape index (κ2) is 6.46. The first-order valence-electron chi connectivity index (χ1n) is 6.94. The fourth-order valence-corrected chi connectivity index (χ4v) is 2.90. The Hall–Kier alpha value is -1.58. The maximum atomic E-state index is 6.31. The van der Waals surface area contributed by atoms with Crippen molar-refractivity contribution in [1.82, 2.24) is 4.98 Å². The molecule has 1 aromatic heterocycles. The van der Waals surface area contributed by atoms with Gasteiger partial charge in [-0.25, -0.2) is 0 Å². The van der Waals surface area contributed by atoms with Gasteiger partial charge in [0, 0.05) is 40.5 Å². The van der Waals surface area contributed by atoms with Gasteiger partial charge in [-0.15, -0.1) is 0 Å². The first-order valence-corrected chi connectivity index (χ1v) is 7.32. The van der Waals surface area contributed by atoms with Crippen LogP contribution >= 0.6 is 11.6 Å². The normalized spacial score (nSPS) is 12.3. The number of rotatable bonds is 4. The number of ether oxygens (including phenoxy) is 1. The second-order valence-corrected chi connectivity index (χ2v) is 5.79. The summed E-state index contributed by atoms with van der Waals surface area (Å²) >= 11 is 6.29. The van der Waals surface area contributed by atoms with Crippen LogP contribution in [0, 0.1) is 20.8 Å². The zero-order valence-electron chi connectivity index (χ0n) is 12.9. The maximum Gasteiger partial charge on any atom is 0.128 e. The molecule has 0 radical (unpaired) electrons. The lowest BCUT2D eigenvalue weighted by Crippen LogP contribution is -2.16. The van der Waals surface area contributed by atoms with Crippen LogP contribution in [0.5, 0.6) is 5.75 Å². The maximum absolute atomic E-state index is 6.31. The van der Waals surface area contributed by atoms with Gasteiger partial charge in [0.05, 0.1) is 7.11 Å². The highest BCUT2D eigenvalue weighted by atomic mass is 35.5.